The van der Waals surface area contributed by atoms with Crippen molar-refractivity contribution in [2.75, 3.05) is 25.2 Å². The van der Waals surface area contributed by atoms with E-state index in [1.54, 1.807) is 7.11 Å². The fourth-order valence-electron chi connectivity index (χ4n) is 2.83. The van der Waals surface area contributed by atoms with Gasteiger partial charge in [-0.25, -0.2) is 9.97 Å². The van der Waals surface area contributed by atoms with Gasteiger partial charge < -0.3 is 9.30 Å². The maximum atomic E-state index is 5.18. The molecular weight excluding hydrogens is 270 g/mol. The molecule has 0 bridgehead atoms. The Morgan fingerprint density at radius 3 is 3.05 bits per heavy atom. The number of aryl methyl sites for hydroxylation is 1. The maximum Gasteiger partial charge on any atom is 0.159 e. The van der Waals surface area contributed by atoms with Crippen molar-refractivity contribution in [2.45, 2.75) is 31.7 Å². The largest absolute Gasteiger partial charge is 0.385 e. The molecule has 0 atom stereocenters. The van der Waals surface area contributed by atoms with Gasteiger partial charge in [0.1, 0.15) is 11.3 Å². The zero-order valence-electron chi connectivity index (χ0n) is 11.9. The lowest BCUT2D eigenvalue weighted by molar-refractivity contribution is 0.190. The lowest BCUT2D eigenvalue weighted by Crippen LogP contribution is -2.15. The van der Waals surface area contributed by atoms with Crippen LogP contribution in [0.1, 0.15) is 31.0 Å². The van der Waals surface area contributed by atoms with E-state index in [4.69, 9.17) is 9.72 Å². The highest BCUT2D eigenvalue weighted by Crippen LogP contribution is 2.32. The van der Waals surface area contributed by atoms with E-state index in [-0.39, 0.29) is 0 Å². The first-order chi connectivity index (χ1) is 9.90. The van der Waals surface area contributed by atoms with Crippen LogP contribution in [0.5, 0.6) is 0 Å². The van der Waals surface area contributed by atoms with Crippen LogP contribution in [0, 0.1) is 0 Å². The Bertz CT molecular complexity index is 563. The van der Waals surface area contributed by atoms with E-state index < -0.39 is 0 Å². The molecule has 3 heterocycles. The van der Waals surface area contributed by atoms with Gasteiger partial charge in [0.2, 0.25) is 0 Å². The highest BCUT2D eigenvalue weighted by Gasteiger charge is 2.22. The maximum absolute atomic E-state index is 5.18. The highest BCUT2D eigenvalue weighted by atomic mass is 32.2. The lowest BCUT2D eigenvalue weighted by Gasteiger charge is -2.21. The molecule has 3 rings (SSSR count). The second kappa shape index (κ2) is 6.59. The van der Waals surface area contributed by atoms with Crippen molar-refractivity contribution in [3.05, 3.63) is 24.2 Å². The third kappa shape index (κ3) is 2.83. The molecule has 0 amide bonds. The molecular formula is C15H21N3OS. The average Bonchev–Trinajstić information content (AvgIpc) is 2.87. The van der Waals surface area contributed by atoms with E-state index >= 15 is 0 Å². The summed E-state index contributed by atoms with van der Waals surface area (Å²) in [4.78, 5) is 9.40. The molecule has 0 unspecified atom stereocenters. The van der Waals surface area contributed by atoms with Gasteiger partial charge in [0.15, 0.2) is 5.65 Å². The number of aromatic nitrogens is 3. The van der Waals surface area contributed by atoms with Gasteiger partial charge >= 0.3 is 0 Å². The smallest absolute Gasteiger partial charge is 0.159 e. The first kappa shape index (κ1) is 13.9. The molecule has 0 aliphatic carbocycles. The number of thioether (sulfide) groups is 1. The molecule has 20 heavy (non-hydrogen) atoms. The van der Waals surface area contributed by atoms with Crippen LogP contribution in [0.4, 0.5) is 0 Å². The molecule has 1 aliphatic rings. The number of nitrogens with zero attached hydrogens (tertiary/aromatic N) is 3. The van der Waals surface area contributed by atoms with E-state index in [9.17, 15) is 0 Å². The molecule has 2 aromatic rings. The van der Waals surface area contributed by atoms with Gasteiger partial charge in [-0.2, -0.15) is 11.8 Å². The first-order valence-corrected chi connectivity index (χ1v) is 8.43. The van der Waals surface area contributed by atoms with E-state index in [0.29, 0.717) is 5.92 Å². The Balaban J connectivity index is 1.93. The van der Waals surface area contributed by atoms with Crippen molar-refractivity contribution in [3.63, 3.8) is 0 Å². The van der Waals surface area contributed by atoms with Crippen molar-refractivity contribution >= 4 is 22.9 Å². The van der Waals surface area contributed by atoms with Gasteiger partial charge in [-0.15, -0.1) is 0 Å². The number of ether oxygens (including phenoxy) is 1. The monoisotopic (exact) mass is 291 g/mol. The molecule has 1 fully saturated rings. The minimum atomic E-state index is 0.591. The van der Waals surface area contributed by atoms with Crippen LogP contribution in [0.25, 0.3) is 11.2 Å². The van der Waals surface area contributed by atoms with Gasteiger partial charge in [0, 0.05) is 32.4 Å². The molecule has 1 saturated heterocycles. The Kier molecular flexibility index (Phi) is 4.58. The normalized spacial score (nSPS) is 16.9. The van der Waals surface area contributed by atoms with Crippen LogP contribution in [-0.4, -0.2) is 39.8 Å². The summed E-state index contributed by atoms with van der Waals surface area (Å²) in [7, 11) is 1.75. The summed E-state index contributed by atoms with van der Waals surface area (Å²) in [5.41, 5.74) is 2.05. The molecule has 0 spiro atoms. The van der Waals surface area contributed by atoms with Crippen LogP contribution in [0.2, 0.25) is 0 Å². The molecule has 0 saturated carbocycles. The molecule has 108 valence electrons. The van der Waals surface area contributed by atoms with Gasteiger partial charge in [-0.3, -0.25) is 0 Å². The first-order valence-electron chi connectivity index (χ1n) is 7.28. The summed E-state index contributed by atoms with van der Waals surface area (Å²) in [5, 5.41) is 0. The summed E-state index contributed by atoms with van der Waals surface area (Å²) in [6, 6.07) is 4.03. The molecule has 0 N–H and O–H groups in total. The topological polar surface area (TPSA) is 39.9 Å². The highest BCUT2D eigenvalue weighted by molar-refractivity contribution is 7.99. The second-order valence-corrected chi connectivity index (χ2v) is 6.43. The fraction of sp³-hybridized carbons (Fsp3) is 0.600. The molecule has 5 heteroatoms. The van der Waals surface area contributed by atoms with Crippen LogP contribution < -0.4 is 0 Å². The molecule has 1 aliphatic heterocycles. The van der Waals surface area contributed by atoms with Crippen LogP contribution in [0.15, 0.2) is 18.3 Å². The van der Waals surface area contributed by atoms with E-state index in [2.05, 4.69) is 27.4 Å². The standard InChI is InChI=1S/C15H21N3OS/c1-19-9-3-8-18-14(12-5-10-20-11-6-12)17-13-4-2-7-16-15(13)18/h2,4,7,12H,3,5-6,8-11H2,1H3. The van der Waals surface area contributed by atoms with Gasteiger partial charge in [0.25, 0.3) is 0 Å². The quantitative estimate of drug-likeness (QED) is 0.794. The summed E-state index contributed by atoms with van der Waals surface area (Å²) >= 11 is 2.05. The third-order valence-electron chi connectivity index (χ3n) is 3.85. The number of rotatable bonds is 5. The summed E-state index contributed by atoms with van der Waals surface area (Å²) in [6.07, 6.45) is 5.33. The van der Waals surface area contributed by atoms with Crippen molar-refractivity contribution < 1.29 is 4.74 Å². The molecule has 2 aromatic heterocycles. The lowest BCUT2D eigenvalue weighted by atomic mass is 10.0. The number of pyridine rings is 1. The number of hydrogen-bond acceptors (Lipinski definition) is 4. The van der Waals surface area contributed by atoms with Crippen molar-refractivity contribution in [3.8, 4) is 0 Å². The van der Waals surface area contributed by atoms with E-state index in [0.717, 1.165) is 30.7 Å². The van der Waals surface area contributed by atoms with Crippen LogP contribution in [-0.2, 0) is 11.3 Å². The number of imidazole rings is 1. The average molecular weight is 291 g/mol. The van der Waals surface area contributed by atoms with Crippen molar-refractivity contribution in [2.24, 2.45) is 0 Å². The Labute approximate surface area is 123 Å². The Morgan fingerprint density at radius 2 is 2.25 bits per heavy atom. The van der Waals surface area contributed by atoms with Crippen LogP contribution in [0.3, 0.4) is 0 Å². The zero-order valence-corrected chi connectivity index (χ0v) is 12.7. The molecule has 0 aromatic carbocycles. The summed E-state index contributed by atoms with van der Waals surface area (Å²) in [6.45, 7) is 1.73. The number of methoxy groups -OCH3 is 1. The summed E-state index contributed by atoms with van der Waals surface area (Å²) in [5.74, 6) is 4.32. The van der Waals surface area contributed by atoms with Gasteiger partial charge in [-0.05, 0) is 42.9 Å². The predicted octanol–water partition coefficient (Wildman–Crippen LogP) is 3.08. The fourth-order valence-corrected chi connectivity index (χ4v) is 3.94. The zero-order chi connectivity index (χ0) is 13.8. The van der Waals surface area contributed by atoms with Gasteiger partial charge in [-0.1, -0.05) is 0 Å². The number of fused-ring (bicyclic) bond motifs is 1. The Morgan fingerprint density at radius 1 is 1.40 bits per heavy atom. The van der Waals surface area contributed by atoms with E-state index in [1.165, 1.54) is 30.2 Å². The Hall–Kier alpha value is -1.07. The van der Waals surface area contributed by atoms with E-state index in [1.807, 2.05) is 12.3 Å². The van der Waals surface area contributed by atoms with Crippen LogP contribution >= 0.6 is 11.8 Å². The number of hydrogen-bond donors (Lipinski definition) is 0. The SMILES string of the molecule is COCCCn1c(C2CCSCC2)nc2cccnc21. The van der Waals surface area contributed by atoms with Crippen molar-refractivity contribution in [1.29, 1.82) is 0 Å². The molecule has 0 radical (unpaired) electrons. The van der Waals surface area contributed by atoms with Crippen molar-refractivity contribution in [1.82, 2.24) is 14.5 Å². The minimum Gasteiger partial charge on any atom is -0.385 e. The summed E-state index contributed by atoms with van der Waals surface area (Å²) < 4.78 is 7.49. The van der Waals surface area contributed by atoms with Gasteiger partial charge in [0.05, 0.1) is 0 Å². The minimum absolute atomic E-state index is 0.591. The predicted molar refractivity (Wildman–Crippen MR) is 83.3 cm³/mol. The molecule has 4 nitrogen and oxygen atoms in total. The third-order valence-corrected chi connectivity index (χ3v) is 4.90. The second-order valence-electron chi connectivity index (χ2n) is 5.20.